The van der Waals surface area contributed by atoms with Gasteiger partial charge in [0, 0.05) is 23.7 Å². The number of aliphatic imine (C=N–C) groups is 1. The molecule has 1 aliphatic carbocycles. The molecule has 2 unspecified atom stereocenters. The molecule has 0 aromatic heterocycles. The fraction of sp³-hybridized carbons (Fsp3) is 0.444. The lowest BCUT2D eigenvalue weighted by molar-refractivity contribution is -0.139. The molecular weight excluding hydrogens is 386 g/mol. The summed E-state index contributed by atoms with van der Waals surface area (Å²) >= 11 is 0. The topological polar surface area (TPSA) is 55.7 Å². The summed E-state index contributed by atoms with van der Waals surface area (Å²) in [4.78, 5) is 31.5. The van der Waals surface area contributed by atoms with Crippen LogP contribution >= 0.6 is 0 Å². The van der Waals surface area contributed by atoms with Crippen molar-refractivity contribution >= 4 is 28.2 Å². The molecule has 0 spiro atoms. The first-order valence-corrected chi connectivity index (χ1v) is 11.3. The van der Waals surface area contributed by atoms with Crippen LogP contribution in [-0.2, 0) is 14.3 Å². The van der Waals surface area contributed by atoms with Crippen LogP contribution < -0.4 is 0 Å². The van der Waals surface area contributed by atoms with E-state index in [0.717, 1.165) is 41.3 Å². The summed E-state index contributed by atoms with van der Waals surface area (Å²) in [5.41, 5.74) is 3.01. The van der Waals surface area contributed by atoms with E-state index in [4.69, 9.17) is 9.73 Å². The van der Waals surface area contributed by atoms with Crippen LogP contribution in [0.1, 0.15) is 64.9 Å². The molecule has 1 heterocycles. The molecule has 1 fully saturated rings. The molecule has 162 valence electrons. The van der Waals surface area contributed by atoms with Gasteiger partial charge >= 0.3 is 5.97 Å². The fourth-order valence-corrected chi connectivity index (χ4v) is 5.10. The highest BCUT2D eigenvalue weighted by Gasteiger charge is 2.48. The smallest absolute Gasteiger partial charge is 0.336 e. The zero-order valence-electron chi connectivity index (χ0n) is 18.9. The van der Waals surface area contributed by atoms with Gasteiger partial charge in [-0.1, -0.05) is 69.7 Å². The molecule has 0 amide bonds. The van der Waals surface area contributed by atoms with Crippen molar-refractivity contribution < 1.29 is 14.3 Å². The van der Waals surface area contributed by atoms with Gasteiger partial charge in [-0.25, -0.2) is 4.79 Å². The third kappa shape index (κ3) is 4.08. The number of rotatable bonds is 5. The molecule has 2 atom stereocenters. The Hall–Kier alpha value is -2.75. The maximum absolute atomic E-state index is 13.4. The van der Waals surface area contributed by atoms with E-state index in [1.165, 1.54) is 0 Å². The first-order chi connectivity index (χ1) is 14.8. The second kappa shape index (κ2) is 8.41. The summed E-state index contributed by atoms with van der Waals surface area (Å²) < 4.78 is 5.63. The van der Waals surface area contributed by atoms with Crippen molar-refractivity contribution in [2.45, 2.75) is 59.3 Å². The normalized spacial score (nSPS) is 22.8. The summed E-state index contributed by atoms with van der Waals surface area (Å²) in [5.74, 6) is -0.948. The van der Waals surface area contributed by atoms with E-state index >= 15 is 0 Å². The number of benzene rings is 2. The predicted molar refractivity (Wildman–Crippen MR) is 124 cm³/mol. The van der Waals surface area contributed by atoms with Crippen LogP contribution in [0.15, 0.2) is 58.7 Å². The lowest BCUT2D eigenvalue weighted by Crippen LogP contribution is -2.44. The zero-order chi connectivity index (χ0) is 22.2. The maximum Gasteiger partial charge on any atom is 0.336 e. The maximum atomic E-state index is 13.4. The molecule has 2 aromatic carbocycles. The van der Waals surface area contributed by atoms with E-state index < -0.39 is 5.92 Å². The fourth-order valence-electron chi connectivity index (χ4n) is 5.10. The van der Waals surface area contributed by atoms with Gasteiger partial charge in [-0.05, 0) is 41.5 Å². The van der Waals surface area contributed by atoms with Gasteiger partial charge < -0.3 is 4.74 Å². The Morgan fingerprint density at radius 2 is 1.84 bits per heavy atom. The highest BCUT2D eigenvalue weighted by Crippen LogP contribution is 2.48. The van der Waals surface area contributed by atoms with Gasteiger partial charge in [0.25, 0.3) is 0 Å². The molecule has 2 aromatic rings. The minimum atomic E-state index is -0.406. The van der Waals surface area contributed by atoms with Crippen LogP contribution in [-0.4, -0.2) is 24.1 Å². The van der Waals surface area contributed by atoms with Crippen LogP contribution in [0.5, 0.6) is 0 Å². The minimum Gasteiger partial charge on any atom is -0.462 e. The lowest BCUT2D eigenvalue weighted by atomic mass is 9.63. The van der Waals surface area contributed by atoms with E-state index in [0.29, 0.717) is 24.3 Å². The van der Waals surface area contributed by atoms with Crippen molar-refractivity contribution in [3.8, 4) is 0 Å². The Morgan fingerprint density at radius 1 is 1.10 bits per heavy atom. The lowest BCUT2D eigenvalue weighted by Gasteiger charge is -2.41. The number of hydrogen-bond donors (Lipinski definition) is 0. The first kappa shape index (κ1) is 21.5. The van der Waals surface area contributed by atoms with Crippen molar-refractivity contribution in [1.82, 2.24) is 0 Å². The van der Waals surface area contributed by atoms with Gasteiger partial charge in [-0.15, -0.1) is 0 Å². The molecule has 0 radical (unpaired) electrons. The van der Waals surface area contributed by atoms with Gasteiger partial charge in [-0.2, -0.15) is 0 Å². The molecular formula is C27H31NO3. The molecule has 0 N–H and O–H groups in total. The van der Waals surface area contributed by atoms with E-state index in [2.05, 4.69) is 45.0 Å². The second-order valence-corrected chi connectivity index (χ2v) is 9.60. The molecule has 4 heteroatoms. The van der Waals surface area contributed by atoms with Crippen molar-refractivity contribution in [1.29, 1.82) is 0 Å². The number of allylic oxidation sites excluding steroid dienone is 1. The highest BCUT2D eigenvalue weighted by molar-refractivity contribution is 6.12. The molecule has 4 nitrogen and oxygen atoms in total. The van der Waals surface area contributed by atoms with Crippen LogP contribution in [0.3, 0.4) is 0 Å². The number of carbonyl (C=O) groups excluding carboxylic acids is 2. The Balaban J connectivity index is 1.88. The van der Waals surface area contributed by atoms with Gasteiger partial charge in [-0.3, -0.25) is 9.79 Å². The number of esters is 1. The Kier molecular flexibility index (Phi) is 5.83. The highest BCUT2D eigenvalue weighted by atomic mass is 16.5. The Morgan fingerprint density at radius 3 is 2.61 bits per heavy atom. The number of fused-ring (bicyclic) bond motifs is 2. The Labute approximate surface area is 184 Å². The standard InChI is InChI=1S/C27H31NO3/c1-5-6-14-31-26(30)23-17(2)28-21-15-27(3,4)16-22(29)25(21)24(23)20-13-9-11-18-10-7-8-12-19(18)20/h7-13,24-25H,5-6,14-16H2,1-4H3. The third-order valence-corrected chi connectivity index (χ3v) is 6.47. The van der Waals surface area contributed by atoms with E-state index in [-0.39, 0.29) is 23.1 Å². The third-order valence-electron chi connectivity index (χ3n) is 6.47. The first-order valence-electron chi connectivity index (χ1n) is 11.3. The van der Waals surface area contributed by atoms with Crippen LogP contribution in [0.2, 0.25) is 0 Å². The summed E-state index contributed by atoms with van der Waals surface area (Å²) in [6.07, 6.45) is 3.04. The van der Waals surface area contributed by atoms with Crippen molar-refractivity contribution in [2.75, 3.05) is 6.61 Å². The average Bonchev–Trinajstić information content (AvgIpc) is 2.71. The van der Waals surface area contributed by atoms with Crippen molar-refractivity contribution in [3.63, 3.8) is 0 Å². The van der Waals surface area contributed by atoms with Gasteiger partial charge in [0.05, 0.1) is 18.1 Å². The van der Waals surface area contributed by atoms with Crippen molar-refractivity contribution in [2.24, 2.45) is 16.3 Å². The molecule has 2 aliphatic rings. The largest absolute Gasteiger partial charge is 0.462 e. The second-order valence-electron chi connectivity index (χ2n) is 9.60. The van der Waals surface area contributed by atoms with Gasteiger partial charge in [0.1, 0.15) is 5.78 Å². The number of nitrogens with zero attached hydrogens (tertiary/aromatic N) is 1. The predicted octanol–water partition coefficient (Wildman–Crippen LogP) is 6.00. The summed E-state index contributed by atoms with van der Waals surface area (Å²) in [7, 11) is 0. The number of carbonyl (C=O) groups is 2. The molecule has 0 bridgehead atoms. The van der Waals surface area contributed by atoms with Gasteiger partial charge in [0.2, 0.25) is 0 Å². The molecule has 1 saturated carbocycles. The number of ketones is 1. The number of Topliss-reactive ketones (excluding diaryl/α,β-unsaturated/α-hetero) is 1. The SMILES string of the molecule is CCCCOC(=O)C1=C(C)N=C2CC(C)(C)CC(=O)C2C1c1cccc2ccccc12. The number of ether oxygens (including phenoxy) is 1. The minimum absolute atomic E-state index is 0.116. The van der Waals surface area contributed by atoms with E-state index in [9.17, 15) is 9.59 Å². The molecule has 31 heavy (non-hydrogen) atoms. The molecule has 1 aliphatic heterocycles. The number of unbranched alkanes of at least 4 members (excludes halogenated alkanes) is 1. The van der Waals surface area contributed by atoms with Crippen LogP contribution in [0.25, 0.3) is 10.8 Å². The van der Waals surface area contributed by atoms with Crippen LogP contribution in [0.4, 0.5) is 0 Å². The average molecular weight is 418 g/mol. The van der Waals surface area contributed by atoms with Crippen molar-refractivity contribution in [3.05, 3.63) is 59.3 Å². The monoisotopic (exact) mass is 417 g/mol. The quantitative estimate of drug-likeness (QED) is 0.443. The van der Waals surface area contributed by atoms with Gasteiger partial charge in [0.15, 0.2) is 0 Å². The van der Waals surface area contributed by atoms with E-state index in [1.807, 2.05) is 25.1 Å². The van der Waals surface area contributed by atoms with Crippen LogP contribution in [0, 0.1) is 11.3 Å². The van der Waals surface area contributed by atoms with E-state index in [1.54, 1.807) is 0 Å². The Bertz CT molecular complexity index is 1090. The molecule has 4 rings (SSSR count). The number of hydrogen-bond acceptors (Lipinski definition) is 4. The summed E-state index contributed by atoms with van der Waals surface area (Å²) in [6.45, 7) is 8.56. The zero-order valence-corrected chi connectivity index (χ0v) is 18.9. The summed E-state index contributed by atoms with van der Waals surface area (Å²) in [5, 5.41) is 2.17. The molecule has 0 saturated heterocycles. The summed E-state index contributed by atoms with van der Waals surface area (Å²) in [6, 6.07) is 14.3.